The standard InChI is InChI=1S/C17H17ClN2S2/c1-12-6-8-21-17(12)15-10-20-16(22-15)11-19-7-5-13-3-2-4-14(18)9-13/h2-4,6,8-10,19H,5,7,11H2,1H3. The third-order valence-corrected chi connectivity index (χ3v) is 5.82. The van der Waals surface area contributed by atoms with Crippen molar-refractivity contribution in [1.29, 1.82) is 0 Å². The first-order valence-electron chi connectivity index (χ1n) is 7.17. The van der Waals surface area contributed by atoms with Gasteiger partial charge in [0.1, 0.15) is 5.01 Å². The molecule has 0 saturated carbocycles. The molecule has 0 spiro atoms. The number of nitrogens with one attached hydrogen (secondary N) is 1. The third-order valence-electron chi connectivity index (χ3n) is 3.40. The number of aromatic nitrogens is 1. The van der Waals surface area contributed by atoms with Gasteiger partial charge in [-0.2, -0.15) is 0 Å². The minimum atomic E-state index is 0.799. The van der Waals surface area contributed by atoms with E-state index < -0.39 is 0 Å². The van der Waals surface area contributed by atoms with Gasteiger partial charge in [-0.05, 0) is 54.6 Å². The number of aryl methyl sites for hydroxylation is 1. The molecule has 2 aromatic heterocycles. The number of halogens is 1. The molecule has 3 aromatic rings. The highest BCUT2D eigenvalue weighted by Gasteiger charge is 2.08. The Morgan fingerprint density at radius 1 is 1.27 bits per heavy atom. The minimum absolute atomic E-state index is 0.799. The summed E-state index contributed by atoms with van der Waals surface area (Å²) < 4.78 is 0. The van der Waals surface area contributed by atoms with Crippen molar-refractivity contribution in [2.75, 3.05) is 6.54 Å². The lowest BCUT2D eigenvalue weighted by Crippen LogP contribution is -2.16. The Bertz CT molecular complexity index is 748. The van der Waals surface area contributed by atoms with Crippen LogP contribution in [-0.2, 0) is 13.0 Å². The second-order valence-electron chi connectivity index (χ2n) is 5.11. The lowest BCUT2D eigenvalue weighted by atomic mass is 10.1. The Morgan fingerprint density at radius 3 is 2.95 bits per heavy atom. The van der Waals surface area contributed by atoms with Gasteiger partial charge in [-0.1, -0.05) is 23.7 Å². The van der Waals surface area contributed by atoms with Crippen LogP contribution in [0.3, 0.4) is 0 Å². The Balaban J connectivity index is 1.50. The van der Waals surface area contributed by atoms with Gasteiger partial charge < -0.3 is 5.32 Å². The number of nitrogens with zero attached hydrogens (tertiary/aromatic N) is 1. The Hall–Kier alpha value is -1.20. The molecule has 0 bridgehead atoms. The van der Waals surface area contributed by atoms with E-state index in [0.717, 1.165) is 29.5 Å². The summed E-state index contributed by atoms with van der Waals surface area (Å²) in [6.07, 6.45) is 2.96. The van der Waals surface area contributed by atoms with Crippen LogP contribution in [0.5, 0.6) is 0 Å². The van der Waals surface area contributed by atoms with Gasteiger partial charge in [0.05, 0.1) is 4.88 Å². The van der Waals surface area contributed by atoms with Crippen molar-refractivity contribution >= 4 is 34.3 Å². The first-order chi connectivity index (χ1) is 10.7. The van der Waals surface area contributed by atoms with Crippen LogP contribution >= 0.6 is 34.3 Å². The second-order valence-corrected chi connectivity index (χ2v) is 7.58. The first kappa shape index (κ1) is 15.7. The molecule has 1 N–H and O–H groups in total. The predicted molar refractivity (Wildman–Crippen MR) is 97.0 cm³/mol. The van der Waals surface area contributed by atoms with E-state index in [9.17, 15) is 0 Å². The third kappa shape index (κ3) is 3.96. The molecule has 0 saturated heterocycles. The fourth-order valence-corrected chi connectivity index (χ4v) is 4.45. The van der Waals surface area contributed by atoms with Crippen molar-refractivity contribution in [3.8, 4) is 9.75 Å². The van der Waals surface area contributed by atoms with Crippen LogP contribution in [0.15, 0.2) is 41.9 Å². The zero-order chi connectivity index (χ0) is 15.4. The topological polar surface area (TPSA) is 24.9 Å². The summed E-state index contributed by atoms with van der Waals surface area (Å²) >= 11 is 9.54. The molecule has 5 heteroatoms. The number of hydrogen-bond donors (Lipinski definition) is 1. The zero-order valence-corrected chi connectivity index (χ0v) is 14.7. The molecule has 0 atom stereocenters. The van der Waals surface area contributed by atoms with E-state index in [4.69, 9.17) is 11.6 Å². The molecule has 2 nitrogen and oxygen atoms in total. The quantitative estimate of drug-likeness (QED) is 0.622. The molecule has 114 valence electrons. The summed E-state index contributed by atoms with van der Waals surface area (Å²) in [4.78, 5) is 7.11. The van der Waals surface area contributed by atoms with Crippen molar-refractivity contribution in [3.63, 3.8) is 0 Å². The fourth-order valence-electron chi connectivity index (χ4n) is 2.24. The second kappa shape index (κ2) is 7.38. The molecule has 2 heterocycles. The molecule has 0 aliphatic carbocycles. The van der Waals surface area contributed by atoms with E-state index in [-0.39, 0.29) is 0 Å². The lowest BCUT2D eigenvalue weighted by Gasteiger charge is -2.03. The van der Waals surface area contributed by atoms with Gasteiger partial charge in [-0.15, -0.1) is 22.7 Å². The summed E-state index contributed by atoms with van der Waals surface area (Å²) in [7, 11) is 0. The monoisotopic (exact) mass is 348 g/mol. The van der Waals surface area contributed by atoms with E-state index in [0.29, 0.717) is 0 Å². The summed E-state index contributed by atoms with van der Waals surface area (Å²) in [6.45, 7) is 3.89. The highest BCUT2D eigenvalue weighted by molar-refractivity contribution is 7.21. The molecule has 22 heavy (non-hydrogen) atoms. The number of benzene rings is 1. The van der Waals surface area contributed by atoms with Crippen molar-refractivity contribution in [2.45, 2.75) is 19.9 Å². The number of hydrogen-bond acceptors (Lipinski definition) is 4. The van der Waals surface area contributed by atoms with Crippen LogP contribution in [0.4, 0.5) is 0 Å². The maximum absolute atomic E-state index is 5.99. The predicted octanol–water partition coefficient (Wildman–Crippen LogP) is 5.17. The molecule has 1 aromatic carbocycles. The van der Waals surface area contributed by atoms with E-state index in [1.807, 2.05) is 24.4 Å². The summed E-state index contributed by atoms with van der Waals surface area (Å²) in [5.74, 6) is 0. The molecule has 0 amide bonds. The minimum Gasteiger partial charge on any atom is -0.310 e. The van der Waals surface area contributed by atoms with Crippen LogP contribution in [0.25, 0.3) is 9.75 Å². The maximum atomic E-state index is 5.99. The van der Waals surface area contributed by atoms with Crippen LogP contribution in [-0.4, -0.2) is 11.5 Å². The zero-order valence-electron chi connectivity index (χ0n) is 12.3. The number of thiophene rings is 1. The molecule has 0 radical (unpaired) electrons. The van der Waals surface area contributed by atoms with Crippen molar-refractivity contribution in [2.24, 2.45) is 0 Å². The van der Waals surface area contributed by atoms with Crippen LogP contribution in [0.1, 0.15) is 16.1 Å². The highest BCUT2D eigenvalue weighted by atomic mass is 35.5. The van der Waals surface area contributed by atoms with Crippen molar-refractivity contribution in [1.82, 2.24) is 10.3 Å². The molecule has 0 fully saturated rings. The average Bonchev–Trinajstić information content (AvgIpc) is 3.12. The smallest absolute Gasteiger partial charge is 0.107 e. The average molecular weight is 349 g/mol. The summed E-state index contributed by atoms with van der Waals surface area (Å²) in [5.41, 5.74) is 2.59. The Kier molecular flexibility index (Phi) is 5.26. The fraction of sp³-hybridized carbons (Fsp3) is 0.235. The highest BCUT2D eigenvalue weighted by Crippen LogP contribution is 2.33. The first-order valence-corrected chi connectivity index (χ1v) is 9.24. The van der Waals surface area contributed by atoms with E-state index in [2.05, 4.69) is 34.7 Å². The van der Waals surface area contributed by atoms with Gasteiger partial charge in [0.25, 0.3) is 0 Å². The molecular weight excluding hydrogens is 332 g/mol. The lowest BCUT2D eigenvalue weighted by molar-refractivity contribution is 0.684. The van der Waals surface area contributed by atoms with Gasteiger partial charge in [-0.25, -0.2) is 4.98 Å². The number of thiazole rings is 1. The van der Waals surface area contributed by atoms with Gasteiger partial charge in [-0.3, -0.25) is 0 Å². The van der Waals surface area contributed by atoms with Gasteiger partial charge in [0.15, 0.2) is 0 Å². The summed E-state index contributed by atoms with van der Waals surface area (Å²) in [5, 5.41) is 7.52. The SMILES string of the molecule is Cc1ccsc1-c1cnc(CNCCc2cccc(Cl)c2)s1. The van der Waals surface area contributed by atoms with Crippen molar-refractivity contribution in [3.05, 3.63) is 63.1 Å². The van der Waals surface area contributed by atoms with Crippen molar-refractivity contribution < 1.29 is 0 Å². The molecule has 0 aliphatic heterocycles. The van der Waals surface area contributed by atoms with E-state index in [1.165, 1.54) is 20.9 Å². The van der Waals surface area contributed by atoms with Crippen LogP contribution in [0.2, 0.25) is 5.02 Å². The van der Waals surface area contributed by atoms with Gasteiger partial charge >= 0.3 is 0 Å². The van der Waals surface area contributed by atoms with Crippen LogP contribution < -0.4 is 5.32 Å². The molecule has 0 unspecified atom stereocenters. The van der Waals surface area contributed by atoms with E-state index >= 15 is 0 Å². The van der Waals surface area contributed by atoms with Gasteiger partial charge in [0.2, 0.25) is 0 Å². The largest absolute Gasteiger partial charge is 0.310 e. The Labute approximate surface area is 143 Å². The molecular formula is C17H17ClN2S2. The molecule has 3 rings (SSSR count). The molecule has 0 aliphatic rings. The number of rotatable bonds is 6. The van der Waals surface area contributed by atoms with E-state index in [1.54, 1.807) is 22.7 Å². The Morgan fingerprint density at radius 2 is 2.18 bits per heavy atom. The van der Waals surface area contributed by atoms with Gasteiger partial charge in [0, 0.05) is 22.6 Å². The van der Waals surface area contributed by atoms with Crippen LogP contribution in [0, 0.1) is 6.92 Å². The summed E-state index contributed by atoms with van der Waals surface area (Å²) in [6, 6.07) is 10.2. The normalized spacial score (nSPS) is 11.0. The maximum Gasteiger partial charge on any atom is 0.107 e.